The Morgan fingerprint density at radius 3 is 2.31 bits per heavy atom. The quantitative estimate of drug-likeness (QED) is 0.163. The molecule has 0 bridgehead atoms. The van der Waals surface area contributed by atoms with Gasteiger partial charge in [-0.05, 0) is 80.9 Å². The maximum absolute atomic E-state index is 13.4. The normalized spacial score (nSPS) is 10.9. The molecule has 0 fully saturated rings. The molecule has 196 valence electrons. The molecule has 0 atom stereocenters. The van der Waals surface area contributed by atoms with Crippen molar-refractivity contribution in [2.45, 2.75) is 31.7 Å². The number of amides is 1. The standard InChI is InChI=1S/C29H25ClN6O2S/c1-18-9-12-22(16-25(18)30)36-26(17-39-29-31-19(2)15-20(3)32-29)27(34-35-36)28(37)33-21-10-13-24(14-11-21)38-23-7-5-4-6-8-23/h4-16H,17H2,1-3H3,(H,33,37). The SMILES string of the molecule is Cc1cc(C)nc(SCc2c(C(=O)Nc3ccc(Oc4ccccc4)cc3)nnn2-c2ccc(C)c(Cl)c2)n1. The molecular weight excluding hydrogens is 532 g/mol. The number of halogens is 1. The zero-order chi connectivity index (χ0) is 27.4. The lowest BCUT2D eigenvalue weighted by atomic mass is 10.2. The Morgan fingerprint density at radius 1 is 0.923 bits per heavy atom. The molecule has 3 aromatic carbocycles. The molecule has 0 saturated carbocycles. The van der Waals surface area contributed by atoms with Gasteiger partial charge in [-0.15, -0.1) is 5.10 Å². The average Bonchev–Trinajstić information content (AvgIpc) is 3.34. The van der Waals surface area contributed by atoms with E-state index in [0.29, 0.717) is 38.8 Å². The molecule has 8 nitrogen and oxygen atoms in total. The number of carbonyl (C=O) groups is 1. The van der Waals surface area contributed by atoms with Crippen LogP contribution in [0, 0.1) is 20.8 Å². The highest BCUT2D eigenvalue weighted by atomic mass is 35.5. The highest BCUT2D eigenvalue weighted by molar-refractivity contribution is 7.98. The molecule has 5 rings (SSSR count). The van der Waals surface area contributed by atoms with Crippen molar-refractivity contribution < 1.29 is 9.53 Å². The number of carbonyl (C=O) groups excluding carboxylic acids is 1. The molecule has 0 spiro atoms. The Balaban J connectivity index is 1.40. The van der Waals surface area contributed by atoms with Crippen molar-refractivity contribution >= 4 is 35.0 Å². The minimum Gasteiger partial charge on any atom is -0.457 e. The number of benzene rings is 3. The number of nitrogens with zero attached hydrogens (tertiary/aromatic N) is 5. The van der Waals surface area contributed by atoms with Gasteiger partial charge in [0.25, 0.3) is 5.91 Å². The monoisotopic (exact) mass is 556 g/mol. The predicted molar refractivity (Wildman–Crippen MR) is 153 cm³/mol. The van der Waals surface area contributed by atoms with Crippen molar-refractivity contribution in [1.29, 1.82) is 0 Å². The van der Waals surface area contributed by atoms with E-state index in [0.717, 1.165) is 22.7 Å². The number of thioether (sulfide) groups is 1. The summed E-state index contributed by atoms with van der Waals surface area (Å²) >= 11 is 7.80. The number of anilines is 1. The number of ether oxygens (including phenoxy) is 1. The Bertz CT molecular complexity index is 1600. The zero-order valence-corrected chi connectivity index (χ0v) is 23.1. The van der Waals surface area contributed by atoms with Gasteiger partial charge in [0.2, 0.25) is 0 Å². The number of aryl methyl sites for hydroxylation is 3. The lowest BCUT2D eigenvalue weighted by Crippen LogP contribution is -2.15. The van der Waals surface area contributed by atoms with E-state index >= 15 is 0 Å². The van der Waals surface area contributed by atoms with Crippen LogP contribution in [0.15, 0.2) is 84.0 Å². The van der Waals surface area contributed by atoms with Crippen molar-refractivity contribution in [3.8, 4) is 17.2 Å². The second-order valence-corrected chi connectivity index (χ2v) is 10.2. The predicted octanol–water partition coefficient (Wildman–Crippen LogP) is 6.97. The van der Waals surface area contributed by atoms with Crippen molar-refractivity contribution in [2.75, 3.05) is 5.32 Å². The molecule has 2 heterocycles. The van der Waals surface area contributed by atoms with E-state index in [9.17, 15) is 4.79 Å². The summed E-state index contributed by atoms with van der Waals surface area (Å²) in [7, 11) is 0. The second kappa shape index (κ2) is 11.7. The van der Waals surface area contributed by atoms with Gasteiger partial charge >= 0.3 is 0 Å². The molecule has 5 aromatic rings. The van der Waals surface area contributed by atoms with Gasteiger partial charge in [0.1, 0.15) is 11.5 Å². The van der Waals surface area contributed by atoms with Crippen molar-refractivity contribution in [1.82, 2.24) is 25.0 Å². The topological polar surface area (TPSA) is 94.8 Å². The maximum Gasteiger partial charge on any atom is 0.278 e. The Labute approximate surface area is 235 Å². The van der Waals surface area contributed by atoms with Crippen molar-refractivity contribution in [3.05, 3.63) is 112 Å². The molecule has 10 heteroatoms. The van der Waals surface area contributed by atoms with Crippen molar-refractivity contribution in [3.63, 3.8) is 0 Å². The van der Waals surface area contributed by atoms with Crippen LogP contribution in [0.2, 0.25) is 5.02 Å². The van der Waals surface area contributed by atoms with E-state index in [1.54, 1.807) is 35.0 Å². The van der Waals surface area contributed by atoms with E-state index in [4.69, 9.17) is 16.3 Å². The summed E-state index contributed by atoms with van der Waals surface area (Å²) in [5.74, 6) is 1.38. The fourth-order valence-corrected chi connectivity index (χ4v) is 4.96. The average molecular weight is 557 g/mol. The van der Waals surface area contributed by atoms with Crippen LogP contribution < -0.4 is 10.1 Å². The molecule has 0 saturated heterocycles. The lowest BCUT2D eigenvalue weighted by molar-refractivity contribution is 0.102. The fraction of sp³-hybridized carbons (Fsp3) is 0.138. The van der Waals surface area contributed by atoms with E-state index in [2.05, 4.69) is 25.6 Å². The summed E-state index contributed by atoms with van der Waals surface area (Å²) in [6.07, 6.45) is 0. The first-order valence-electron chi connectivity index (χ1n) is 12.2. The summed E-state index contributed by atoms with van der Waals surface area (Å²) in [4.78, 5) is 22.4. The smallest absolute Gasteiger partial charge is 0.278 e. The van der Waals surface area contributed by atoms with E-state index < -0.39 is 0 Å². The lowest BCUT2D eigenvalue weighted by Gasteiger charge is -2.10. The highest BCUT2D eigenvalue weighted by Crippen LogP contribution is 2.27. The molecule has 0 aliphatic heterocycles. The second-order valence-electron chi connectivity index (χ2n) is 8.85. The molecule has 0 radical (unpaired) electrons. The van der Waals surface area contributed by atoms with E-state index in [1.165, 1.54) is 11.8 Å². The summed E-state index contributed by atoms with van der Waals surface area (Å²) in [6.45, 7) is 5.78. The molecule has 39 heavy (non-hydrogen) atoms. The van der Waals surface area contributed by atoms with Crippen LogP contribution in [0.1, 0.15) is 33.1 Å². The van der Waals surface area contributed by atoms with Crippen LogP contribution in [0.3, 0.4) is 0 Å². The molecular formula is C29H25ClN6O2S. The molecule has 0 aliphatic rings. The molecule has 0 unspecified atom stereocenters. The number of hydrogen-bond acceptors (Lipinski definition) is 7. The Kier molecular flexibility index (Phi) is 7.90. The first kappa shape index (κ1) is 26.4. The van der Waals surface area contributed by atoms with Crippen LogP contribution in [-0.4, -0.2) is 30.9 Å². The summed E-state index contributed by atoms with van der Waals surface area (Å²) < 4.78 is 7.47. The van der Waals surface area contributed by atoms with Crippen LogP contribution in [0.4, 0.5) is 5.69 Å². The molecule has 1 N–H and O–H groups in total. The van der Waals surface area contributed by atoms with Crippen LogP contribution in [0.5, 0.6) is 11.5 Å². The van der Waals surface area contributed by atoms with Crippen LogP contribution in [-0.2, 0) is 5.75 Å². The molecule has 0 aliphatic carbocycles. The Hall–Kier alpha value is -4.21. The number of hydrogen-bond donors (Lipinski definition) is 1. The highest BCUT2D eigenvalue weighted by Gasteiger charge is 2.22. The zero-order valence-electron chi connectivity index (χ0n) is 21.6. The van der Waals surface area contributed by atoms with Crippen molar-refractivity contribution in [2.24, 2.45) is 0 Å². The Morgan fingerprint density at radius 2 is 1.62 bits per heavy atom. The number of aromatic nitrogens is 5. The minimum atomic E-state index is -0.381. The summed E-state index contributed by atoms with van der Waals surface area (Å²) in [6, 6.07) is 24.2. The van der Waals surface area contributed by atoms with E-state index in [-0.39, 0.29) is 11.6 Å². The van der Waals surface area contributed by atoms with Gasteiger partial charge in [-0.2, -0.15) is 0 Å². The van der Waals surface area contributed by atoms with Crippen LogP contribution >= 0.6 is 23.4 Å². The number of rotatable bonds is 8. The third kappa shape index (κ3) is 6.45. The fourth-order valence-electron chi connectivity index (χ4n) is 3.84. The van der Waals surface area contributed by atoms with E-state index in [1.807, 2.05) is 69.3 Å². The largest absolute Gasteiger partial charge is 0.457 e. The number of para-hydroxylation sites is 1. The summed E-state index contributed by atoms with van der Waals surface area (Å²) in [5.41, 5.74) is 4.80. The van der Waals surface area contributed by atoms with Gasteiger partial charge in [0, 0.05) is 27.9 Å². The third-order valence-electron chi connectivity index (χ3n) is 5.77. The molecule has 1 amide bonds. The minimum absolute atomic E-state index is 0.202. The first-order valence-corrected chi connectivity index (χ1v) is 13.5. The third-order valence-corrected chi connectivity index (χ3v) is 7.03. The van der Waals surface area contributed by atoms with Crippen LogP contribution in [0.25, 0.3) is 5.69 Å². The summed E-state index contributed by atoms with van der Waals surface area (Å²) in [5, 5.41) is 12.7. The maximum atomic E-state index is 13.4. The van der Waals surface area contributed by atoms with Gasteiger partial charge < -0.3 is 10.1 Å². The molecule has 2 aromatic heterocycles. The number of nitrogens with one attached hydrogen (secondary N) is 1. The van der Waals surface area contributed by atoms with Gasteiger partial charge in [0.15, 0.2) is 10.9 Å². The van der Waals surface area contributed by atoms with Gasteiger partial charge in [-0.25, -0.2) is 14.6 Å². The van der Waals surface area contributed by atoms with Gasteiger partial charge in [0.05, 0.1) is 11.4 Å². The first-order chi connectivity index (χ1) is 18.9. The van der Waals surface area contributed by atoms with Gasteiger partial charge in [-0.3, -0.25) is 4.79 Å². The van der Waals surface area contributed by atoms with Gasteiger partial charge in [-0.1, -0.05) is 52.8 Å².